The fourth-order valence-corrected chi connectivity index (χ4v) is 2.70. The highest BCUT2D eigenvalue weighted by Gasteiger charge is 2.24. The lowest BCUT2D eigenvalue weighted by Gasteiger charge is -2.13. The normalized spacial score (nSPS) is 10.1. The molecule has 7 nitrogen and oxygen atoms in total. The van der Waals surface area contributed by atoms with Crippen molar-refractivity contribution in [3.8, 4) is 11.8 Å². The highest BCUT2D eigenvalue weighted by Crippen LogP contribution is 2.27. The molecule has 0 atom stereocenters. The van der Waals surface area contributed by atoms with E-state index in [9.17, 15) is 14.9 Å². The highest BCUT2D eigenvalue weighted by molar-refractivity contribution is 6.07. The maximum absolute atomic E-state index is 12.8. The monoisotopic (exact) mass is 360 g/mol. The number of nitrogens with two attached hydrogens (primary N) is 1. The van der Waals surface area contributed by atoms with Crippen LogP contribution in [0.2, 0.25) is 0 Å². The number of hydrogen-bond donors (Lipinski definition) is 2. The molecule has 0 unspecified atom stereocenters. The molecule has 0 aliphatic carbocycles. The number of nitrogens with zero attached hydrogens (tertiary/aromatic N) is 2. The van der Waals surface area contributed by atoms with Gasteiger partial charge in [-0.15, -0.1) is 0 Å². The molecule has 1 heterocycles. The zero-order valence-corrected chi connectivity index (χ0v) is 14.5. The van der Waals surface area contributed by atoms with Crippen molar-refractivity contribution in [1.29, 1.82) is 5.26 Å². The number of nitrogen functional groups attached to an aromatic ring is 1. The third-order valence-corrected chi connectivity index (χ3v) is 3.98. The van der Waals surface area contributed by atoms with Crippen molar-refractivity contribution < 1.29 is 14.3 Å². The molecule has 2 aromatic carbocycles. The Labute approximate surface area is 155 Å². The van der Waals surface area contributed by atoms with E-state index < -0.39 is 5.97 Å². The van der Waals surface area contributed by atoms with Gasteiger partial charge in [0.15, 0.2) is 5.69 Å². The Morgan fingerprint density at radius 1 is 1.11 bits per heavy atom. The number of carbonyl (C=O) groups excluding carboxylic acids is 2. The lowest BCUT2D eigenvalue weighted by atomic mass is 10.1. The van der Waals surface area contributed by atoms with E-state index in [4.69, 9.17) is 10.5 Å². The lowest BCUT2D eigenvalue weighted by Crippen LogP contribution is -2.17. The van der Waals surface area contributed by atoms with Gasteiger partial charge in [-0.05, 0) is 24.3 Å². The molecule has 0 saturated carbocycles. The third kappa shape index (κ3) is 3.37. The zero-order chi connectivity index (χ0) is 19.4. The number of amides is 1. The van der Waals surface area contributed by atoms with Gasteiger partial charge < -0.3 is 20.4 Å². The molecule has 0 saturated heterocycles. The van der Waals surface area contributed by atoms with Crippen molar-refractivity contribution in [2.24, 2.45) is 0 Å². The van der Waals surface area contributed by atoms with Gasteiger partial charge in [0.05, 0.1) is 29.6 Å². The van der Waals surface area contributed by atoms with E-state index in [1.54, 1.807) is 36.4 Å². The van der Waals surface area contributed by atoms with Crippen LogP contribution in [0.4, 0.5) is 11.4 Å². The van der Waals surface area contributed by atoms with Crippen LogP contribution in [0.25, 0.3) is 5.69 Å². The van der Waals surface area contributed by atoms with Gasteiger partial charge in [0.1, 0.15) is 6.07 Å². The van der Waals surface area contributed by atoms with Gasteiger partial charge in [-0.1, -0.05) is 30.3 Å². The summed E-state index contributed by atoms with van der Waals surface area (Å²) >= 11 is 0. The molecule has 3 aromatic rings. The third-order valence-electron chi connectivity index (χ3n) is 3.98. The summed E-state index contributed by atoms with van der Waals surface area (Å²) in [5.41, 5.74) is 7.40. The smallest absolute Gasteiger partial charge is 0.357 e. The van der Waals surface area contributed by atoms with Crippen LogP contribution >= 0.6 is 0 Å². The topological polar surface area (TPSA) is 110 Å². The SMILES string of the molecule is COC(=O)c1c(N)c(C#N)cn1-c1ccccc1C(=O)Nc1ccccc1. The predicted molar refractivity (Wildman–Crippen MR) is 101 cm³/mol. The van der Waals surface area contributed by atoms with E-state index in [0.29, 0.717) is 16.9 Å². The summed E-state index contributed by atoms with van der Waals surface area (Å²) in [6, 6.07) is 17.6. The molecular weight excluding hydrogens is 344 g/mol. The van der Waals surface area contributed by atoms with Gasteiger partial charge in [0.2, 0.25) is 0 Å². The summed E-state index contributed by atoms with van der Waals surface area (Å²) in [5.74, 6) is -1.06. The lowest BCUT2D eigenvalue weighted by molar-refractivity contribution is 0.0592. The molecule has 0 fully saturated rings. The summed E-state index contributed by atoms with van der Waals surface area (Å²) in [5, 5.41) is 12.1. The average Bonchev–Trinajstić information content (AvgIpc) is 3.04. The second kappa shape index (κ2) is 7.45. The van der Waals surface area contributed by atoms with Crippen molar-refractivity contribution in [3.63, 3.8) is 0 Å². The number of benzene rings is 2. The summed E-state index contributed by atoms with van der Waals surface area (Å²) in [6.07, 6.45) is 1.41. The number of nitriles is 1. The van der Waals surface area contributed by atoms with Gasteiger partial charge >= 0.3 is 5.97 Å². The molecule has 7 heteroatoms. The van der Waals surface area contributed by atoms with Crippen LogP contribution in [0.15, 0.2) is 60.8 Å². The maximum atomic E-state index is 12.8. The largest absolute Gasteiger partial charge is 0.464 e. The molecule has 0 bridgehead atoms. The first-order valence-corrected chi connectivity index (χ1v) is 8.02. The van der Waals surface area contributed by atoms with E-state index in [2.05, 4.69) is 5.32 Å². The van der Waals surface area contributed by atoms with Crippen molar-refractivity contribution in [2.75, 3.05) is 18.2 Å². The standard InChI is InChI=1S/C20H16N4O3/c1-27-20(26)18-17(22)13(11-21)12-24(18)16-10-6-5-9-15(16)19(25)23-14-7-3-2-4-8-14/h2-10,12H,22H2,1H3,(H,23,25). The van der Waals surface area contributed by atoms with Crippen LogP contribution in [0, 0.1) is 11.3 Å². The second-order valence-corrected chi connectivity index (χ2v) is 5.62. The summed E-state index contributed by atoms with van der Waals surface area (Å²) in [6.45, 7) is 0. The molecule has 1 aromatic heterocycles. The van der Waals surface area contributed by atoms with Crippen LogP contribution in [0.5, 0.6) is 0 Å². The molecule has 3 rings (SSSR count). The van der Waals surface area contributed by atoms with Crippen molar-refractivity contribution in [2.45, 2.75) is 0 Å². The maximum Gasteiger partial charge on any atom is 0.357 e. The van der Waals surface area contributed by atoms with Crippen LogP contribution in [-0.2, 0) is 4.74 Å². The van der Waals surface area contributed by atoms with E-state index in [1.165, 1.54) is 17.9 Å². The van der Waals surface area contributed by atoms with Gasteiger partial charge in [0.25, 0.3) is 5.91 Å². The first-order chi connectivity index (χ1) is 13.1. The van der Waals surface area contributed by atoms with Crippen LogP contribution in [0.1, 0.15) is 26.4 Å². The Kier molecular flexibility index (Phi) is 4.90. The summed E-state index contributed by atoms with van der Waals surface area (Å²) in [7, 11) is 1.22. The minimum Gasteiger partial charge on any atom is -0.464 e. The molecule has 134 valence electrons. The Balaban J connectivity index is 2.11. The summed E-state index contributed by atoms with van der Waals surface area (Å²) < 4.78 is 6.19. The molecule has 1 amide bonds. The molecule has 3 N–H and O–H groups in total. The number of rotatable bonds is 4. The van der Waals surface area contributed by atoms with E-state index in [-0.39, 0.29) is 22.9 Å². The number of nitrogens with one attached hydrogen (secondary N) is 1. The predicted octanol–water partition coefficient (Wildman–Crippen LogP) is 2.97. The minimum atomic E-state index is -0.702. The molecular formula is C20H16N4O3. The van der Waals surface area contributed by atoms with Crippen molar-refractivity contribution in [1.82, 2.24) is 4.57 Å². The number of ether oxygens (including phenoxy) is 1. The molecule has 0 radical (unpaired) electrons. The first-order valence-electron chi connectivity index (χ1n) is 8.02. The van der Waals surface area contributed by atoms with Crippen LogP contribution < -0.4 is 11.1 Å². The highest BCUT2D eigenvalue weighted by atomic mass is 16.5. The number of aromatic nitrogens is 1. The molecule has 0 aliphatic rings. The fourth-order valence-electron chi connectivity index (χ4n) is 2.70. The summed E-state index contributed by atoms with van der Waals surface area (Å²) in [4.78, 5) is 25.0. The number of anilines is 2. The Morgan fingerprint density at radius 2 is 1.78 bits per heavy atom. The number of carbonyl (C=O) groups is 2. The Bertz CT molecular complexity index is 1050. The molecule has 0 aliphatic heterocycles. The van der Waals surface area contributed by atoms with Gasteiger partial charge in [0, 0.05) is 11.9 Å². The minimum absolute atomic E-state index is 0.00243. The second-order valence-electron chi connectivity index (χ2n) is 5.62. The van der Waals surface area contributed by atoms with Gasteiger partial charge in [-0.2, -0.15) is 5.26 Å². The van der Waals surface area contributed by atoms with Crippen LogP contribution in [-0.4, -0.2) is 23.6 Å². The number of para-hydroxylation sites is 2. The van der Waals surface area contributed by atoms with Crippen LogP contribution in [0.3, 0.4) is 0 Å². The first kappa shape index (κ1) is 17.8. The molecule has 27 heavy (non-hydrogen) atoms. The number of hydrogen-bond acceptors (Lipinski definition) is 5. The average molecular weight is 360 g/mol. The quantitative estimate of drug-likeness (QED) is 0.695. The van der Waals surface area contributed by atoms with Gasteiger partial charge in [-0.3, -0.25) is 4.79 Å². The van der Waals surface area contributed by atoms with Crippen molar-refractivity contribution in [3.05, 3.63) is 77.6 Å². The number of methoxy groups -OCH3 is 1. The molecule has 0 spiro atoms. The Morgan fingerprint density at radius 3 is 2.44 bits per heavy atom. The van der Waals surface area contributed by atoms with Crippen molar-refractivity contribution >= 4 is 23.3 Å². The van der Waals surface area contributed by atoms with E-state index >= 15 is 0 Å². The Hall–Kier alpha value is -4.05. The fraction of sp³-hybridized carbons (Fsp3) is 0.0500. The zero-order valence-electron chi connectivity index (χ0n) is 14.5. The van der Waals surface area contributed by atoms with E-state index in [0.717, 1.165) is 0 Å². The van der Waals surface area contributed by atoms with E-state index in [1.807, 2.05) is 24.3 Å². The number of esters is 1. The van der Waals surface area contributed by atoms with Gasteiger partial charge in [-0.25, -0.2) is 4.79 Å².